The standard InChI is InChI=1S/C24H18Br2N2O7/c25-20-14-9-15(21(20)26)19-18(14)22(30)27(23(19)31)16-7-2-1-6-13(16)24(32)35-10-17(29)11-4-3-5-12(8-11)28(33)34/h1-8,14-15,18-21H,9-10H2/t14-,15+,18-,19-,20-,21+/m0/s1. The fourth-order valence-electron chi connectivity index (χ4n) is 5.51. The Hall–Kier alpha value is -2.92. The van der Waals surface area contributed by atoms with E-state index in [9.17, 15) is 29.3 Å². The number of amides is 2. The summed E-state index contributed by atoms with van der Waals surface area (Å²) in [4.78, 5) is 63.6. The van der Waals surface area contributed by atoms with Gasteiger partial charge in [-0.25, -0.2) is 9.69 Å². The summed E-state index contributed by atoms with van der Waals surface area (Å²) < 4.78 is 5.18. The highest BCUT2D eigenvalue weighted by Crippen LogP contribution is 2.60. The lowest BCUT2D eigenvalue weighted by Crippen LogP contribution is -2.37. The van der Waals surface area contributed by atoms with Crippen molar-refractivity contribution in [3.05, 3.63) is 69.8 Å². The molecule has 0 unspecified atom stereocenters. The van der Waals surface area contributed by atoms with E-state index < -0.39 is 35.1 Å². The van der Waals surface area contributed by atoms with Crippen molar-refractivity contribution in [3.8, 4) is 0 Å². The van der Waals surface area contributed by atoms with Crippen LogP contribution >= 0.6 is 31.9 Å². The summed E-state index contributed by atoms with van der Waals surface area (Å²) in [5.41, 5.74) is -0.114. The molecule has 6 atom stereocenters. The lowest BCUT2D eigenvalue weighted by atomic mass is 9.81. The number of nitro benzene ring substituents is 1. The predicted molar refractivity (Wildman–Crippen MR) is 131 cm³/mol. The minimum absolute atomic E-state index is 0.0147. The monoisotopic (exact) mass is 604 g/mol. The average Bonchev–Trinajstić information content (AvgIpc) is 3.47. The Labute approximate surface area is 216 Å². The summed E-state index contributed by atoms with van der Waals surface area (Å²) in [6.07, 6.45) is 0.788. The molecule has 2 aliphatic carbocycles. The molecule has 9 nitrogen and oxygen atoms in total. The van der Waals surface area contributed by atoms with Gasteiger partial charge in [0.15, 0.2) is 6.61 Å². The Morgan fingerprint density at radius 2 is 1.63 bits per heavy atom. The zero-order chi connectivity index (χ0) is 25.0. The minimum Gasteiger partial charge on any atom is -0.454 e. The normalized spacial score (nSPS) is 28.8. The van der Waals surface area contributed by atoms with Crippen LogP contribution in [0.5, 0.6) is 0 Å². The van der Waals surface area contributed by atoms with Crippen LogP contribution in [0.1, 0.15) is 27.1 Å². The molecule has 2 aromatic carbocycles. The van der Waals surface area contributed by atoms with Crippen LogP contribution in [0, 0.1) is 33.8 Å². The quantitative estimate of drug-likeness (QED) is 0.122. The fraction of sp³-hybridized carbons (Fsp3) is 0.333. The maximum atomic E-state index is 13.4. The van der Waals surface area contributed by atoms with Gasteiger partial charge in [-0.15, -0.1) is 0 Å². The first-order valence-corrected chi connectivity index (χ1v) is 12.7. The van der Waals surface area contributed by atoms with Crippen LogP contribution in [-0.2, 0) is 14.3 Å². The van der Waals surface area contributed by atoms with Crippen LogP contribution in [-0.4, -0.2) is 44.8 Å². The van der Waals surface area contributed by atoms with Gasteiger partial charge in [-0.1, -0.05) is 56.1 Å². The highest BCUT2D eigenvalue weighted by atomic mass is 79.9. The van der Waals surface area contributed by atoms with Gasteiger partial charge in [0.1, 0.15) is 0 Å². The number of benzene rings is 2. The van der Waals surface area contributed by atoms with E-state index in [-0.39, 0.29) is 55.8 Å². The highest BCUT2D eigenvalue weighted by Gasteiger charge is 2.66. The number of halogens is 2. The number of ether oxygens (including phenoxy) is 1. The Morgan fingerprint density at radius 1 is 1.00 bits per heavy atom. The lowest BCUT2D eigenvalue weighted by Gasteiger charge is -2.28. The zero-order valence-corrected chi connectivity index (χ0v) is 21.2. The number of nitrogens with zero attached hydrogens (tertiary/aromatic N) is 2. The van der Waals surface area contributed by atoms with Crippen LogP contribution < -0.4 is 4.90 Å². The molecule has 1 heterocycles. The summed E-state index contributed by atoms with van der Waals surface area (Å²) in [6, 6.07) is 11.2. The first-order valence-electron chi connectivity index (χ1n) is 10.9. The third kappa shape index (κ3) is 3.81. The van der Waals surface area contributed by atoms with Crippen LogP contribution in [0.15, 0.2) is 48.5 Å². The van der Waals surface area contributed by atoms with E-state index in [1.165, 1.54) is 30.3 Å². The highest BCUT2D eigenvalue weighted by molar-refractivity contribution is 9.12. The van der Waals surface area contributed by atoms with E-state index in [0.29, 0.717) is 0 Å². The van der Waals surface area contributed by atoms with Gasteiger partial charge in [0, 0.05) is 27.4 Å². The largest absolute Gasteiger partial charge is 0.454 e. The molecule has 11 heteroatoms. The lowest BCUT2D eigenvalue weighted by molar-refractivity contribution is -0.384. The Balaban J connectivity index is 1.35. The number of anilines is 1. The number of rotatable bonds is 6. The molecule has 2 amide bonds. The topological polar surface area (TPSA) is 124 Å². The number of nitro groups is 1. The molecule has 2 saturated carbocycles. The third-order valence-electron chi connectivity index (χ3n) is 7.07. The first kappa shape index (κ1) is 23.8. The van der Waals surface area contributed by atoms with Crippen molar-refractivity contribution in [1.82, 2.24) is 0 Å². The summed E-state index contributed by atoms with van der Waals surface area (Å²) in [5.74, 6) is -2.98. The van der Waals surface area contributed by atoms with Crippen molar-refractivity contribution in [3.63, 3.8) is 0 Å². The molecule has 0 N–H and O–H groups in total. The number of alkyl halides is 2. The number of esters is 1. The number of non-ortho nitro benzene ring substituents is 1. The molecular formula is C24H18Br2N2O7. The number of imide groups is 1. The van der Waals surface area contributed by atoms with Crippen molar-refractivity contribution in [1.29, 1.82) is 0 Å². The van der Waals surface area contributed by atoms with Gasteiger partial charge in [-0.3, -0.25) is 24.5 Å². The van der Waals surface area contributed by atoms with Crippen molar-refractivity contribution in [2.45, 2.75) is 16.1 Å². The molecule has 180 valence electrons. The number of Topliss-reactive ketones (excluding diaryl/α,β-unsaturated/α-hetero) is 1. The van der Waals surface area contributed by atoms with E-state index in [4.69, 9.17) is 4.74 Å². The maximum Gasteiger partial charge on any atom is 0.340 e. The maximum absolute atomic E-state index is 13.4. The van der Waals surface area contributed by atoms with E-state index in [1.54, 1.807) is 12.1 Å². The van der Waals surface area contributed by atoms with Gasteiger partial charge in [-0.05, 0) is 30.4 Å². The van der Waals surface area contributed by atoms with Gasteiger partial charge < -0.3 is 4.74 Å². The van der Waals surface area contributed by atoms with Crippen LogP contribution in [0.4, 0.5) is 11.4 Å². The van der Waals surface area contributed by atoms with Gasteiger partial charge in [0.2, 0.25) is 17.6 Å². The Bertz CT molecular complexity index is 1250. The first-order chi connectivity index (χ1) is 16.7. The summed E-state index contributed by atoms with van der Waals surface area (Å²) >= 11 is 7.30. The number of para-hydroxylation sites is 1. The van der Waals surface area contributed by atoms with Crippen molar-refractivity contribution < 1.29 is 28.8 Å². The van der Waals surface area contributed by atoms with E-state index >= 15 is 0 Å². The van der Waals surface area contributed by atoms with Crippen LogP contribution in [0.2, 0.25) is 0 Å². The Kier molecular flexibility index (Phi) is 6.08. The van der Waals surface area contributed by atoms with E-state index in [0.717, 1.165) is 17.4 Å². The number of carbonyl (C=O) groups excluding carboxylic acids is 4. The summed E-state index contributed by atoms with van der Waals surface area (Å²) in [7, 11) is 0. The van der Waals surface area contributed by atoms with Crippen molar-refractivity contribution in [2.24, 2.45) is 23.7 Å². The number of ketones is 1. The molecule has 3 aliphatic rings. The number of hydrogen-bond acceptors (Lipinski definition) is 7. The molecule has 0 spiro atoms. The van der Waals surface area contributed by atoms with E-state index in [2.05, 4.69) is 31.9 Å². The number of hydrogen-bond donors (Lipinski definition) is 0. The molecule has 3 fully saturated rings. The molecule has 2 aromatic rings. The second-order valence-electron chi connectivity index (χ2n) is 8.84. The zero-order valence-electron chi connectivity index (χ0n) is 18.0. The van der Waals surface area contributed by atoms with Gasteiger partial charge in [0.25, 0.3) is 5.69 Å². The molecule has 2 bridgehead atoms. The molecule has 35 heavy (non-hydrogen) atoms. The minimum atomic E-state index is -0.878. The van der Waals surface area contributed by atoms with Crippen LogP contribution in [0.25, 0.3) is 0 Å². The number of carbonyl (C=O) groups is 4. The van der Waals surface area contributed by atoms with Gasteiger partial charge in [0.05, 0.1) is 28.0 Å². The SMILES string of the molecule is O=C(COC(=O)c1ccccc1N1C(=O)[C@H]2[C@@H]3C[C@@H]([C@@H](Br)[C@H]3Br)[C@@H]2C1=O)c1cccc([N+](=O)[O-])c1. The van der Waals surface area contributed by atoms with Gasteiger partial charge >= 0.3 is 5.97 Å². The van der Waals surface area contributed by atoms with Crippen LogP contribution in [0.3, 0.4) is 0 Å². The fourth-order valence-corrected chi connectivity index (χ4v) is 7.39. The molecular weight excluding hydrogens is 588 g/mol. The van der Waals surface area contributed by atoms with Crippen molar-refractivity contribution in [2.75, 3.05) is 11.5 Å². The second-order valence-corrected chi connectivity index (χ2v) is 11.0. The third-order valence-corrected chi connectivity index (χ3v) is 10.3. The molecule has 1 aliphatic heterocycles. The smallest absolute Gasteiger partial charge is 0.340 e. The molecule has 5 rings (SSSR count). The van der Waals surface area contributed by atoms with E-state index in [1.807, 2.05) is 0 Å². The second kappa shape index (κ2) is 8.94. The molecule has 0 aromatic heterocycles. The Morgan fingerprint density at radius 3 is 2.26 bits per heavy atom. The summed E-state index contributed by atoms with van der Waals surface area (Å²) in [6.45, 7) is -0.651. The number of fused-ring (bicyclic) bond motifs is 5. The molecule has 0 radical (unpaired) electrons. The average molecular weight is 606 g/mol. The predicted octanol–water partition coefficient (Wildman–Crippen LogP) is 3.92. The summed E-state index contributed by atoms with van der Waals surface area (Å²) in [5, 5.41) is 10.9. The van der Waals surface area contributed by atoms with Crippen molar-refractivity contribution >= 4 is 66.8 Å². The molecule has 1 saturated heterocycles. The van der Waals surface area contributed by atoms with Gasteiger partial charge in [-0.2, -0.15) is 0 Å².